The van der Waals surface area contributed by atoms with Gasteiger partial charge in [-0.3, -0.25) is 14.5 Å². The van der Waals surface area contributed by atoms with Gasteiger partial charge in [-0.2, -0.15) is 5.10 Å². The summed E-state index contributed by atoms with van der Waals surface area (Å²) in [5, 5.41) is 4.81. The van der Waals surface area contributed by atoms with E-state index >= 15 is 0 Å². The van der Waals surface area contributed by atoms with Crippen molar-refractivity contribution in [1.82, 2.24) is 19.6 Å². The highest BCUT2D eigenvalue weighted by Gasteiger charge is 2.23. The molecule has 0 spiro atoms. The molecule has 0 aliphatic carbocycles. The third-order valence-corrected chi connectivity index (χ3v) is 6.34. The Morgan fingerprint density at radius 3 is 2.62 bits per heavy atom. The minimum absolute atomic E-state index is 0.125. The van der Waals surface area contributed by atoms with Crippen molar-refractivity contribution in [3.05, 3.63) is 74.5 Å². The lowest BCUT2D eigenvalue weighted by Crippen LogP contribution is -2.48. The first-order valence-electron chi connectivity index (χ1n) is 9.40. The highest BCUT2D eigenvalue weighted by atomic mass is 35.5. The summed E-state index contributed by atoms with van der Waals surface area (Å²) in [5.74, 6) is -0.125. The van der Waals surface area contributed by atoms with Crippen LogP contribution in [0.1, 0.15) is 15.4 Å². The number of piperazine rings is 1. The monoisotopic (exact) mass is 428 g/mol. The number of carbonyl (C=O) groups excluding carboxylic acids is 1. The number of rotatable bonds is 4. The molecule has 4 rings (SSSR count). The first-order valence-corrected chi connectivity index (χ1v) is 10.6. The molecule has 150 valence electrons. The average Bonchev–Trinajstić information content (AvgIpc) is 3.19. The topological polar surface area (TPSA) is 58.4 Å². The molecule has 0 N–H and O–H groups in total. The maximum absolute atomic E-state index is 12.6. The van der Waals surface area contributed by atoms with Crippen molar-refractivity contribution in [3.8, 4) is 10.4 Å². The Hall–Kier alpha value is -2.48. The van der Waals surface area contributed by atoms with E-state index in [0.29, 0.717) is 18.8 Å². The van der Waals surface area contributed by atoms with Crippen LogP contribution in [0.4, 0.5) is 0 Å². The van der Waals surface area contributed by atoms with E-state index in [2.05, 4.69) is 28.2 Å². The Kier molecular flexibility index (Phi) is 5.80. The van der Waals surface area contributed by atoms with Gasteiger partial charge in [0.05, 0.1) is 0 Å². The van der Waals surface area contributed by atoms with Gasteiger partial charge < -0.3 is 4.90 Å². The van der Waals surface area contributed by atoms with Gasteiger partial charge in [0.1, 0.15) is 5.69 Å². The van der Waals surface area contributed by atoms with E-state index in [-0.39, 0.29) is 11.5 Å². The predicted molar refractivity (Wildman–Crippen MR) is 115 cm³/mol. The van der Waals surface area contributed by atoms with Gasteiger partial charge in [0, 0.05) is 60.6 Å². The number of thiophene rings is 1. The Morgan fingerprint density at radius 2 is 1.90 bits per heavy atom. The Labute approximate surface area is 177 Å². The summed E-state index contributed by atoms with van der Waals surface area (Å²) < 4.78 is 1.19. The van der Waals surface area contributed by atoms with Crippen LogP contribution in [0, 0.1) is 0 Å². The number of carbonyl (C=O) groups is 1. The summed E-state index contributed by atoms with van der Waals surface area (Å²) in [5.41, 5.74) is 1.22. The molecule has 0 atom stereocenters. The highest BCUT2D eigenvalue weighted by Crippen LogP contribution is 2.30. The van der Waals surface area contributed by atoms with Crippen molar-refractivity contribution in [2.24, 2.45) is 7.05 Å². The molecule has 0 unspecified atom stereocenters. The third-order valence-electron chi connectivity index (χ3n) is 4.99. The molecule has 0 saturated carbocycles. The predicted octanol–water partition coefficient (Wildman–Crippen LogP) is 3.12. The van der Waals surface area contributed by atoms with Gasteiger partial charge in [0.15, 0.2) is 0 Å². The maximum Gasteiger partial charge on any atom is 0.274 e. The van der Waals surface area contributed by atoms with Crippen LogP contribution in [0.25, 0.3) is 10.4 Å². The molecule has 1 aliphatic heterocycles. The summed E-state index contributed by atoms with van der Waals surface area (Å²) in [7, 11) is 1.55. The van der Waals surface area contributed by atoms with E-state index in [1.54, 1.807) is 23.3 Å². The number of aryl methyl sites for hydroxylation is 1. The highest BCUT2D eigenvalue weighted by molar-refractivity contribution is 7.15. The zero-order valence-corrected chi connectivity index (χ0v) is 17.6. The molecule has 1 aliphatic rings. The van der Waals surface area contributed by atoms with E-state index in [9.17, 15) is 9.59 Å². The van der Waals surface area contributed by atoms with E-state index in [1.807, 2.05) is 18.2 Å². The molecule has 8 heteroatoms. The molecule has 3 heterocycles. The van der Waals surface area contributed by atoms with Crippen molar-refractivity contribution in [3.63, 3.8) is 0 Å². The van der Waals surface area contributed by atoms with Crippen LogP contribution in [0.5, 0.6) is 0 Å². The quantitative estimate of drug-likeness (QED) is 0.640. The van der Waals surface area contributed by atoms with Crippen LogP contribution in [-0.4, -0.2) is 51.7 Å². The van der Waals surface area contributed by atoms with E-state index in [4.69, 9.17) is 11.6 Å². The third kappa shape index (κ3) is 4.58. The molecule has 3 aromatic rings. The van der Waals surface area contributed by atoms with Gasteiger partial charge in [-0.25, -0.2) is 4.68 Å². The van der Waals surface area contributed by atoms with Crippen molar-refractivity contribution in [1.29, 1.82) is 0 Å². The molecule has 1 saturated heterocycles. The number of hydrogen-bond donors (Lipinski definition) is 0. The first kappa shape index (κ1) is 19.8. The van der Waals surface area contributed by atoms with E-state index in [1.165, 1.54) is 26.6 Å². The maximum atomic E-state index is 12.6. The standard InChI is InChI=1S/C21H21ClN4O2S/c1-24-20(27)8-6-18(23-24)21(28)26-11-9-25(10-12-26)14-17-5-7-19(29-17)15-3-2-4-16(22)13-15/h2-8,13H,9-12,14H2,1H3. The van der Waals surface area contributed by atoms with Crippen molar-refractivity contribution in [2.45, 2.75) is 6.54 Å². The summed E-state index contributed by atoms with van der Waals surface area (Å²) in [6, 6.07) is 15.1. The molecule has 0 radical (unpaired) electrons. The molecule has 6 nitrogen and oxygen atoms in total. The number of halogens is 1. The molecule has 1 fully saturated rings. The normalized spacial score (nSPS) is 14.9. The summed E-state index contributed by atoms with van der Waals surface area (Å²) in [6.45, 7) is 3.78. The second-order valence-corrected chi connectivity index (χ2v) is 8.63. The fourth-order valence-electron chi connectivity index (χ4n) is 3.37. The van der Waals surface area contributed by atoms with Crippen LogP contribution < -0.4 is 5.56 Å². The van der Waals surface area contributed by atoms with Crippen molar-refractivity contribution in [2.75, 3.05) is 26.2 Å². The average molecular weight is 429 g/mol. The minimum atomic E-state index is -0.223. The zero-order chi connectivity index (χ0) is 20.4. The summed E-state index contributed by atoms with van der Waals surface area (Å²) in [4.78, 5) is 30.7. The van der Waals surface area contributed by atoms with Crippen molar-refractivity contribution >= 4 is 28.8 Å². The minimum Gasteiger partial charge on any atom is -0.335 e. The Morgan fingerprint density at radius 1 is 1.10 bits per heavy atom. The largest absolute Gasteiger partial charge is 0.335 e. The molecule has 1 aromatic carbocycles. The van der Waals surface area contributed by atoms with Gasteiger partial charge in [-0.1, -0.05) is 23.7 Å². The number of benzene rings is 1. The van der Waals surface area contributed by atoms with E-state index in [0.717, 1.165) is 30.2 Å². The number of hydrogen-bond acceptors (Lipinski definition) is 5. The molecular formula is C21H21ClN4O2S. The number of nitrogens with zero attached hydrogens (tertiary/aromatic N) is 4. The second kappa shape index (κ2) is 8.49. The van der Waals surface area contributed by atoms with Crippen molar-refractivity contribution < 1.29 is 4.79 Å². The lowest BCUT2D eigenvalue weighted by Gasteiger charge is -2.34. The van der Waals surface area contributed by atoms with Gasteiger partial charge in [-0.05, 0) is 35.9 Å². The van der Waals surface area contributed by atoms with E-state index < -0.39 is 0 Å². The summed E-state index contributed by atoms with van der Waals surface area (Å²) in [6.07, 6.45) is 0. The van der Waals surface area contributed by atoms with Crippen LogP contribution in [0.2, 0.25) is 5.02 Å². The lowest BCUT2D eigenvalue weighted by molar-refractivity contribution is 0.0621. The second-order valence-electron chi connectivity index (χ2n) is 7.03. The van der Waals surface area contributed by atoms with Gasteiger partial charge in [0.25, 0.3) is 11.5 Å². The lowest BCUT2D eigenvalue weighted by atomic mass is 10.2. The zero-order valence-electron chi connectivity index (χ0n) is 16.0. The smallest absolute Gasteiger partial charge is 0.274 e. The first-order chi connectivity index (χ1) is 14.0. The molecule has 2 aromatic heterocycles. The number of aromatic nitrogens is 2. The van der Waals surface area contributed by atoms with Gasteiger partial charge in [-0.15, -0.1) is 11.3 Å². The molecule has 1 amide bonds. The number of amides is 1. The molecular weight excluding hydrogens is 408 g/mol. The molecule has 0 bridgehead atoms. The van der Waals surface area contributed by atoms with Crippen LogP contribution in [0.3, 0.4) is 0 Å². The van der Waals surface area contributed by atoms with Gasteiger partial charge >= 0.3 is 0 Å². The fourth-order valence-corrected chi connectivity index (χ4v) is 4.60. The van der Waals surface area contributed by atoms with Crippen LogP contribution in [0.15, 0.2) is 53.3 Å². The summed E-state index contributed by atoms with van der Waals surface area (Å²) >= 11 is 7.87. The molecule has 29 heavy (non-hydrogen) atoms. The fraction of sp³-hybridized carbons (Fsp3) is 0.286. The Bertz CT molecular complexity index is 1090. The van der Waals surface area contributed by atoms with Crippen LogP contribution >= 0.6 is 22.9 Å². The Balaban J connectivity index is 1.35. The van der Waals surface area contributed by atoms with Gasteiger partial charge in [0.2, 0.25) is 0 Å². The van der Waals surface area contributed by atoms with Crippen LogP contribution in [-0.2, 0) is 13.6 Å². The SMILES string of the molecule is Cn1nc(C(=O)N2CCN(Cc3ccc(-c4cccc(Cl)c4)s3)CC2)ccc1=O.